The molecule has 10 nitrogen and oxygen atoms in total. The number of aliphatic hydroxyl groups excluding tert-OH is 1. The summed E-state index contributed by atoms with van der Waals surface area (Å²) in [5.74, 6) is -0.386. The second kappa shape index (κ2) is 9.22. The van der Waals surface area contributed by atoms with E-state index in [2.05, 4.69) is 10.3 Å². The fourth-order valence-electron chi connectivity index (χ4n) is 5.78. The van der Waals surface area contributed by atoms with E-state index in [4.69, 9.17) is 4.99 Å². The second-order valence-electron chi connectivity index (χ2n) is 11.3. The molecule has 2 saturated heterocycles. The first-order valence-corrected chi connectivity index (χ1v) is 15.3. The first-order valence-electron chi connectivity index (χ1n) is 12.6. The number of thiazole rings is 1. The Bertz CT molecular complexity index is 1420. The number of rotatable bonds is 5. The number of aromatic nitrogens is 1. The van der Waals surface area contributed by atoms with Gasteiger partial charge in [-0.3, -0.25) is 9.59 Å². The van der Waals surface area contributed by atoms with Gasteiger partial charge < -0.3 is 15.3 Å². The summed E-state index contributed by atoms with van der Waals surface area (Å²) in [6, 6.07) is 6.07. The van der Waals surface area contributed by atoms with Crippen LogP contribution in [-0.2, 0) is 25.2 Å². The lowest BCUT2D eigenvalue weighted by Crippen LogP contribution is -2.55. The Morgan fingerprint density at radius 1 is 1.24 bits per heavy atom. The molecule has 4 unspecified atom stereocenters. The minimum absolute atomic E-state index is 0. The van der Waals surface area contributed by atoms with Crippen molar-refractivity contribution in [2.75, 3.05) is 19.3 Å². The zero-order valence-electron chi connectivity index (χ0n) is 22.1. The molecule has 2 fully saturated rings. The van der Waals surface area contributed by atoms with Gasteiger partial charge in [-0.25, -0.2) is 18.4 Å². The van der Waals surface area contributed by atoms with Gasteiger partial charge in [0.05, 0.1) is 34.5 Å². The average molecular weight is 562 g/mol. The van der Waals surface area contributed by atoms with Crippen LogP contribution in [0.3, 0.4) is 0 Å². The van der Waals surface area contributed by atoms with Gasteiger partial charge in [0.25, 0.3) is 5.91 Å². The van der Waals surface area contributed by atoms with Gasteiger partial charge in [-0.05, 0) is 36.8 Å². The van der Waals surface area contributed by atoms with Crippen LogP contribution in [0.2, 0.25) is 0 Å². The van der Waals surface area contributed by atoms with Crippen molar-refractivity contribution in [3.8, 4) is 10.4 Å². The molecule has 1 aromatic heterocycles. The lowest BCUT2D eigenvalue weighted by atomic mass is 9.84. The van der Waals surface area contributed by atoms with Gasteiger partial charge >= 0.3 is 0 Å². The number of hydrogen-bond donors (Lipinski definition) is 2. The standard InChI is InChI=1S/C26H33N5O5S2.H2/c1-15-20(37-14-27-15)16-6-8-17(9-7-16)26(4)24(34)28-22(29-26)19-12-18(32)13-30(19)23(33)21-25(2,3)10-11-31(21)38(5,35)36;/h6-9,14,18-19,21,32H,10-13H2,1-5H3,(H,28,29,34);1H. The number of aryl methyl sites for hydroxylation is 1. The third kappa shape index (κ3) is 4.47. The summed E-state index contributed by atoms with van der Waals surface area (Å²) < 4.78 is 26.2. The van der Waals surface area contributed by atoms with Gasteiger partial charge in [-0.1, -0.05) is 38.1 Å². The molecule has 3 aliphatic rings. The fraction of sp³-hybridized carbons (Fsp3) is 0.538. The lowest BCUT2D eigenvalue weighted by Gasteiger charge is -2.35. The molecule has 4 atom stereocenters. The van der Waals surface area contributed by atoms with Gasteiger partial charge in [0.1, 0.15) is 11.9 Å². The number of benzene rings is 1. The Morgan fingerprint density at radius 2 is 1.92 bits per heavy atom. The monoisotopic (exact) mass is 561 g/mol. The van der Waals surface area contributed by atoms with E-state index in [9.17, 15) is 23.1 Å². The quantitative estimate of drug-likeness (QED) is 0.575. The molecule has 0 saturated carbocycles. The molecular formula is C26H35N5O5S2. The zero-order valence-corrected chi connectivity index (χ0v) is 23.8. The minimum Gasteiger partial charge on any atom is -0.391 e. The van der Waals surface area contributed by atoms with Crippen LogP contribution in [0, 0.1) is 12.3 Å². The maximum absolute atomic E-state index is 13.9. The molecule has 38 heavy (non-hydrogen) atoms. The maximum atomic E-state index is 13.9. The summed E-state index contributed by atoms with van der Waals surface area (Å²) in [5.41, 5.74) is 2.66. The molecule has 2 aromatic rings. The first kappa shape index (κ1) is 26.9. The molecule has 0 radical (unpaired) electrons. The molecule has 4 heterocycles. The number of aliphatic hydroxyl groups is 1. The Kier molecular flexibility index (Phi) is 6.53. The highest BCUT2D eigenvalue weighted by molar-refractivity contribution is 7.88. The van der Waals surface area contributed by atoms with E-state index in [0.717, 1.165) is 22.4 Å². The molecule has 0 bridgehead atoms. The van der Waals surface area contributed by atoms with Gasteiger partial charge in [-0.2, -0.15) is 4.31 Å². The summed E-state index contributed by atoms with van der Waals surface area (Å²) in [4.78, 5) is 38.7. The van der Waals surface area contributed by atoms with E-state index in [-0.39, 0.29) is 32.8 Å². The van der Waals surface area contributed by atoms with Crippen LogP contribution >= 0.6 is 11.3 Å². The molecule has 2 N–H and O–H groups in total. The molecule has 12 heteroatoms. The van der Waals surface area contributed by atoms with Crippen molar-refractivity contribution in [3.05, 3.63) is 41.0 Å². The van der Waals surface area contributed by atoms with Crippen molar-refractivity contribution < 1.29 is 24.5 Å². The number of amides is 2. The molecule has 0 spiro atoms. The zero-order chi connectivity index (χ0) is 27.6. The van der Waals surface area contributed by atoms with E-state index in [1.54, 1.807) is 23.8 Å². The molecule has 3 aliphatic heterocycles. The smallest absolute Gasteiger partial charge is 0.257 e. The predicted octanol–water partition coefficient (Wildman–Crippen LogP) is 2.13. The number of nitrogens with zero attached hydrogens (tertiary/aromatic N) is 4. The van der Waals surface area contributed by atoms with E-state index in [1.807, 2.05) is 45.0 Å². The summed E-state index contributed by atoms with van der Waals surface area (Å²) >= 11 is 1.55. The number of amidine groups is 1. The van der Waals surface area contributed by atoms with Gasteiger partial charge in [0, 0.05) is 20.9 Å². The van der Waals surface area contributed by atoms with Crippen LogP contribution < -0.4 is 5.32 Å². The summed E-state index contributed by atoms with van der Waals surface area (Å²) in [6.07, 6.45) is 1.05. The molecule has 2 amide bonds. The Hall–Kier alpha value is -2.67. The van der Waals surface area contributed by atoms with Gasteiger partial charge in [0.2, 0.25) is 15.9 Å². The Morgan fingerprint density at radius 3 is 2.53 bits per heavy atom. The number of aliphatic imine (C=N–C) groups is 1. The highest BCUT2D eigenvalue weighted by Crippen LogP contribution is 2.40. The summed E-state index contributed by atoms with van der Waals surface area (Å²) in [7, 11) is -3.61. The Labute approximate surface area is 228 Å². The summed E-state index contributed by atoms with van der Waals surface area (Å²) in [6.45, 7) is 7.74. The number of likely N-dealkylation sites (tertiary alicyclic amines) is 1. The first-order chi connectivity index (χ1) is 17.7. The van der Waals surface area contributed by atoms with Crippen LogP contribution in [0.25, 0.3) is 10.4 Å². The number of carbonyl (C=O) groups excluding carboxylic acids is 2. The predicted molar refractivity (Wildman–Crippen MR) is 147 cm³/mol. The second-order valence-corrected chi connectivity index (χ2v) is 14.1. The van der Waals surface area contributed by atoms with E-state index >= 15 is 0 Å². The fourth-order valence-corrected chi connectivity index (χ4v) is 7.77. The average Bonchev–Trinajstić information content (AvgIpc) is 3.59. The number of nitrogens with one attached hydrogen (secondary N) is 1. The minimum atomic E-state index is -3.61. The molecule has 5 rings (SSSR count). The van der Waals surface area contributed by atoms with Gasteiger partial charge in [0.15, 0.2) is 5.54 Å². The molecule has 1 aromatic carbocycles. The third-order valence-electron chi connectivity index (χ3n) is 8.02. The van der Waals surface area contributed by atoms with Crippen LogP contribution in [0.5, 0.6) is 0 Å². The van der Waals surface area contributed by atoms with Crippen molar-refractivity contribution in [3.63, 3.8) is 0 Å². The van der Waals surface area contributed by atoms with E-state index in [0.29, 0.717) is 17.8 Å². The van der Waals surface area contributed by atoms with Crippen LogP contribution in [-0.4, -0.2) is 82.9 Å². The number of carbonyl (C=O) groups is 2. The van der Waals surface area contributed by atoms with Crippen molar-refractivity contribution in [1.82, 2.24) is 19.5 Å². The van der Waals surface area contributed by atoms with Crippen molar-refractivity contribution in [2.45, 2.75) is 64.3 Å². The molecular weight excluding hydrogens is 526 g/mol. The van der Waals surface area contributed by atoms with Crippen LogP contribution in [0.4, 0.5) is 0 Å². The van der Waals surface area contributed by atoms with Crippen LogP contribution in [0.1, 0.15) is 46.3 Å². The number of sulfonamides is 1. The van der Waals surface area contributed by atoms with Crippen molar-refractivity contribution in [1.29, 1.82) is 0 Å². The third-order valence-corrected chi connectivity index (χ3v) is 10.2. The maximum Gasteiger partial charge on any atom is 0.257 e. The van der Waals surface area contributed by atoms with Crippen LogP contribution in [0.15, 0.2) is 34.8 Å². The largest absolute Gasteiger partial charge is 0.391 e. The molecule has 206 valence electrons. The van der Waals surface area contributed by atoms with E-state index < -0.39 is 39.2 Å². The molecule has 0 aliphatic carbocycles. The van der Waals surface area contributed by atoms with Crippen molar-refractivity contribution in [2.24, 2.45) is 10.4 Å². The highest BCUT2D eigenvalue weighted by Gasteiger charge is 2.53. The van der Waals surface area contributed by atoms with Crippen molar-refractivity contribution >= 4 is 39.0 Å². The highest BCUT2D eigenvalue weighted by atomic mass is 32.2. The van der Waals surface area contributed by atoms with E-state index in [1.165, 1.54) is 9.21 Å². The number of β-amino-alcohol motifs (C(OH)–C–C–N with tert-alkyl or cyclic N) is 1. The lowest BCUT2D eigenvalue weighted by molar-refractivity contribution is -0.137. The van der Waals surface area contributed by atoms with Gasteiger partial charge in [-0.15, -0.1) is 11.3 Å². The number of hydrogen-bond acceptors (Lipinski definition) is 8. The normalized spacial score (nSPS) is 29.5. The SMILES string of the molecule is Cc1ncsc1-c1ccc(C2(C)N=C(C3CC(O)CN3C(=O)C3N(S(C)(=O)=O)CCC3(C)C)NC2=O)cc1.[HH]. The Balaban J connectivity index is 0.00000353. The summed E-state index contributed by atoms with van der Waals surface area (Å²) in [5, 5.41) is 13.4. The topological polar surface area (TPSA) is 132 Å².